The van der Waals surface area contributed by atoms with Gasteiger partial charge in [0.25, 0.3) is 0 Å². The van der Waals surface area contributed by atoms with E-state index in [0.717, 1.165) is 10.8 Å². The number of rotatable bonds is 17. The van der Waals surface area contributed by atoms with Gasteiger partial charge in [0.15, 0.2) is 0 Å². The van der Waals surface area contributed by atoms with Gasteiger partial charge in [0.05, 0.1) is 46.2 Å². The van der Waals surface area contributed by atoms with Crippen LogP contribution in [0, 0.1) is 0 Å². The number of halogens is 1. The first-order chi connectivity index (χ1) is 11.5. The summed E-state index contributed by atoms with van der Waals surface area (Å²) in [6.45, 7) is -0.0366. The lowest BCUT2D eigenvalue weighted by molar-refractivity contribution is -0.0931. The van der Waals surface area contributed by atoms with E-state index >= 15 is 0 Å². The van der Waals surface area contributed by atoms with Crippen molar-refractivity contribution < 1.29 is 39.7 Å². The number of aliphatic hydroxyl groups is 5. The Morgan fingerprint density at radius 2 is 1.50 bits per heavy atom. The number of alkyl halides is 1. The lowest BCUT2D eigenvalue weighted by Crippen LogP contribution is -2.35. The monoisotopic (exact) mass is 467 g/mol. The minimum atomic E-state index is -1.00. The Balaban J connectivity index is 3.64. The van der Waals surface area contributed by atoms with Gasteiger partial charge in [0.1, 0.15) is 24.5 Å². The molecule has 0 aromatic heterocycles. The number of hydrogen-bond acceptors (Lipinski definition) is 9. The summed E-state index contributed by atoms with van der Waals surface area (Å²) in [5, 5.41) is 49.0. The molecule has 0 aromatic rings. The van der Waals surface area contributed by atoms with Gasteiger partial charge in [-0.25, -0.2) is 0 Å². The Morgan fingerprint density at radius 3 is 2.08 bits per heavy atom. The van der Waals surface area contributed by atoms with E-state index in [2.05, 4.69) is 27.9 Å². The average Bonchev–Trinajstić information content (AvgIpc) is 2.57. The zero-order valence-electron chi connectivity index (χ0n) is 13.7. The van der Waals surface area contributed by atoms with E-state index in [1.165, 1.54) is 0 Å². The molecule has 0 heterocycles. The summed E-state index contributed by atoms with van der Waals surface area (Å²) in [5.74, 6) is 0. The fourth-order valence-corrected chi connectivity index (χ4v) is 1.93. The van der Waals surface area contributed by atoms with Crippen LogP contribution in [0.25, 0.3) is 0 Å². The van der Waals surface area contributed by atoms with Gasteiger partial charge >= 0.3 is 0 Å². The van der Waals surface area contributed by atoms with Gasteiger partial charge in [-0.3, -0.25) is 5.32 Å². The smallest absolute Gasteiger partial charge is 0.128 e. The van der Waals surface area contributed by atoms with Gasteiger partial charge in [-0.1, -0.05) is 22.6 Å². The summed E-state index contributed by atoms with van der Waals surface area (Å²) in [7, 11) is 0. The Labute approximate surface area is 156 Å². The van der Waals surface area contributed by atoms with Crippen molar-refractivity contribution in [2.24, 2.45) is 0 Å². The van der Waals surface area contributed by atoms with Gasteiger partial charge in [-0.15, -0.1) is 0 Å². The van der Waals surface area contributed by atoms with Gasteiger partial charge in [-0.2, -0.15) is 0 Å². The molecule has 146 valence electrons. The molecule has 24 heavy (non-hydrogen) atoms. The molecule has 0 aliphatic heterocycles. The van der Waals surface area contributed by atoms with E-state index in [-0.39, 0.29) is 39.6 Å². The highest BCUT2D eigenvalue weighted by Crippen LogP contribution is 1.97. The van der Waals surface area contributed by atoms with Crippen LogP contribution in [-0.2, 0) is 14.2 Å². The summed E-state index contributed by atoms with van der Waals surface area (Å²) in [6, 6.07) is 0. The first kappa shape index (κ1) is 24.4. The Hall–Kier alpha value is 0.370. The minimum Gasteiger partial charge on any atom is -0.394 e. The Kier molecular flexibility index (Phi) is 17.1. The van der Waals surface area contributed by atoms with Crippen molar-refractivity contribution in [2.75, 3.05) is 57.2 Å². The molecule has 0 saturated heterocycles. The number of ether oxygens (including phenoxy) is 3. The third-order valence-electron chi connectivity index (χ3n) is 2.83. The molecular formula is C14H30INO8. The van der Waals surface area contributed by atoms with Crippen molar-refractivity contribution in [3.8, 4) is 0 Å². The second kappa shape index (κ2) is 16.8. The first-order valence-electron chi connectivity index (χ1n) is 7.85. The summed E-state index contributed by atoms with van der Waals surface area (Å²) in [5.41, 5.74) is 0. The molecule has 9 nitrogen and oxygen atoms in total. The van der Waals surface area contributed by atoms with Crippen LogP contribution in [0.5, 0.6) is 0 Å². The lowest BCUT2D eigenvalue weighted by atomic mass is 10.3. The van der Waals surface area contributed by atoms with E-state index in [0.29, 0.717) is 6.54 Å². The van der Waals surface area contributed by atoms with Crippen molar-refractivity contribution in [3.05, 3.63) is 0 Å². The fraction of sp³-hybridized carbons (Fsp3) is 1.00. The number of hydrogen-bond donors (Lipinski definition) is 6. The minimum absolute atomic E-state index is 0.0128. The normalized spacial score (nSPS) is 16.8. The molecular weight excluding hydrogens is 437 g/mol. The topological polar surface area (TPSA) is 141 Å². The van der Waals surface area contributed by atoms with E-state index in [1.54, 1.807) is 0 Å². The summed E-state index contributed by atoms with van der Waals surface area (Å²) >= 11 is 2.25. The van der Waals surface area contributed by atoms with Crippen LogP contribution in [-0.4, -0.2) is 107 Å². The Morgan fingerprint density at radius 1 is 0.833 bits per heavy atom. The van der Waals surface area contributed by atoms with Crippen molar-refractivity contribution >= 4 is 22.6 Å². The van der Waals surface area contributed by atoms with Crippen LogP contribution in [0.1, 0.15) is 6.42 Å². The zero-order chi connectivity index (χ0) is 18.2. The highest BCUT2D eigenvalue weighted by Gasteiger charge is 2.13. The molecule has 0 amide bonds. The molecule has 0 radical (unpaired) electrons. The number of nitrogens with one attached hydrogen (secondary N) is 1. The van der Waals surface area contributed by atoms with Gasteiger partial charge in [0.2, 0.25) is 0 Å². The standard InChI is InChI=1S/C14H30INO8/c15-2-1-3-16-14(21)10-23-7-12(20)6-22-9-13(5-18)24-8-11(19)4-17/h11-14,16-21H,1-10H2. The Bertz CT molecular complexity index is 277. The molecule has 4 atom stereocenters. The molecule has 0 fully saturated rings. The van der Waals surface area contributed by atoms with E-state index < -0.39 is 31.1 Å². The maximum absolute atomic E-state index is 9.69. The number of aliphatic hydroxyl groups excluding tert-OH is 5. The van der Waals surface area contributed by atoms with Crippen LogP contribution < -0.4 is 5.32 Å². The first-order valence-corrected chi connectivity index (χ1v) is 9.38. The molecule has 0 spiro atoms. The van der Waals surface area contributed by atoms with Crippen LogP contribution in [0.3, 0.4) is 0 Å². The summed E-state index contributed by atoms with van der Waals surface area (Å²) < 4.78 is 16.5. The van der Waals surface area contributed by atoms with E-state index in [1.807, 2.05) is 0 Å². The van der Waals surface area contributed by atoms with Crippen molar-refractivity contribution in [3.63, 3.8) is 0 Å². The third-order valence-corrected chi connectivity index (χ3v) is 3.59. The SMILES string of the molecule is OCC(O)COC(CO)COCC(O)COCC(O)NCCCI. The maximum Gasteiger partial charge on any atom is 0.128 e. The molecule has 0 aromatic carbocycles. The maximum atomic E-state index is 9.69. The molecule has 0 aliphatic rings. The molecule has 0 bridgehead atoms. The van der Waals surface area contributed by atoms with Crippen molar-refractivity contribution in [1.82, 2.24) is 5.32 Å². The summed E-state index contributed by atoms with van der Waals surface area (Å²) in [4.78, 5) is 0. The van der Waals surface area contributed by atoms with E-state index in [9.17, 15) is 10.2 Å². The van der Waals surface area contributed by atoms with Crippen LogP contribution in [0.4, 0.5) is 0 Å². The van der Waals surface area contributed by atoms with Gasteiger partial charge in [0, 0.05) is 4.43 Å². The molecule has 6 N–H and O–H groups in total. The summed E-state index contributed by atoms with van der Waals surface area (Å²) in [6.07, 6.45) is -2.34. The van der Waals surface area contributed by atoms with Crippen LogP contribution in [0.2, 0.25) is 0 Å². The van der Waals surface area contributed by atoms with Crippen LogP contribution in [0.15, 0.2) is 0 Å². The third kappa shape index (κ3) is 14.7. The lowest BCUT2D eigenvalue weighted by Gasteiger charge is -2.19. The molecule has 4 unspecified atom stereocenters. The molecule has 0 rings (SSSR count). The second-order valence-electron chi connectivity index (χ2n) is 5.22. The highest BCUT2D eigenvalue weighted by molar-refractivity contribution is 14.1. The van der Waals surface area contributed by atoms with E-state index in [4.69, 9.17) is 29.5 Å². The molecule has 0 aliphatic carbocycles. The van der Waals surface area contributed by atoms with Gasteiger partial charge < -0.3 is 39.7 Å². The largest absolute Gasteiger partial charge is 0.394 e. The highest BCUT2D eigenvalue weighted by atomic mass is 127. The molecule has 0 saturated carbocycles. The molecule has 10 heteroatoms. The predicted octanol–water partition coefficient (Wildman–Crippen LogP) is -2.16. The second-order valence-corrected chi connectivity index (χ2v) is 6.29. The zero-order valence-corrected chi connectivity index (χ0v) is 15.9. The van der Waals surface area contributed by atoms with Gasteiger partial charge in [-0.05, 0) is 13.0 Å². The fourth-order valence-electron chi connectivity index (χ4n) is 1.55. The quantitative estimate of drug-likeness (QED) is 0.0611. The van der Waals surface area contributed by atoms with Crippen LogP contribution >= 0.6 is 22.6 Å². The average molecular weight is 467 g/mol. The van der Waals surface area contributed by atoms with Crippen molar-refractivity contribution in [2.45, 2.75) is 31.0 Å². The van der Waals surface area contributed by atoms with Crippen molar-refractivity contribution in [1.29, 1.82) is 0 Å². The predicted molar refractivity (Wildman–Crippen MR) is 95.1 cm³/mol.